The van der Waals surface area contributed by atoms with Crippen LogP contribution in [-0.2, 0) is 9.53 Å². The number of nitrogens with zero attached hydrogens (tertiary/aromatic N) is 2. The molecule has 1 amide bonds. The number of carbonyl (C=O) groups excluding carboxylic acids is 1. The fraction of sp³-hybridized carbons (Fsp3) is 0.650. The Bertz CT molecular complexity index is 622. The van der Waals surface area contributed by atoms with Crippen molar-refractivity contribution < 1.29 is 19.0 Å². The summed E-state index contributed by atoms with van der Waals surface area (Å²) in [5.41, 5.74) is 7.35. The van der Waals surface area contributed by atoms with Gasteiger partial charge in [0.25, 0.3) is 0 Å². The van der Waals surface area contributed by atoms with Crippen LogP contribution in [0.5, 0.6) is 11.5 Å². The Labute approximate surface area is 185 Å². The molecule has 0 aromatic heterocycles. The average Bonchev–Trinajstić information content (AvgIpc) is 2.99. The summed E-state index contributed by atoms with van der Waals surface area (Å²) in [6.45, 7) is 4.48. The van der Waals surface area contributed by atoms with Crippen LogP contribution in [0.1, 0.15) is 19.3 Å². The van der Waals surface area contributed by atoms with Crippen molar-refractivity contribution >= 4 is 36.4 Å². The first kappa shape index (κ1) is 25.6. The highest BCUT2D eigenvalue weighted by molar-refractivity contribution is 5.85. The maximum Gasteiger partial charge on any atom is 0.239 e. The summed E-state index contributed by atoms with van der Waals surface area (Å²) in [6.07, 6.45) is 2.65. The molecule has 0 aliphatic carbocycles. The third kappa shape index (κ3) is 6.54. The fourth-order valence-electron chi connectivity index (χ4n) is 3.86. The Kier molecular flexibility index (Phi) is 10.9. The van der Waals surface area contributed by atoms with Crippen LogP contribution in [0, 0.1) is 5.92 Å². The SMILES string of the molecule is COc1cc(OC)cc(N2CCCN(C(=O)C(N)C3CCOCC3)CC2)c1.Cl.Cl. The smallest absolute Gasteiger partial charge is 0.239 e. The molecule has 0 bridgehead atoms. The van der Waals surface area contributed by atoms with Gasteiger partial charge in [-0.25, -0.2) is 0 Å². The molecular formula is C20H33Cl2N3O4. The monoisotopic (exact) mass is 449 g/mol. The third-order valence-electron chi connectivity index (χ3n) is 5.57. The predicted octanol–water partition coefficient (Wildman–Crippen LogP) is 2.34. The fourth-order valence-corrected chi connectivity index (χ4v) is 3.86. The van der Waals surface area contributed by atoms with E-state index in [0.29, 0.717) is 19.8 Å². The van der Waals surface area contributed by atoms with Gasteiger partial charge < -0.3 is 29.7 Å². The van der Waals surface area contributed by atoms with Gasteiger partial charge in [0, 0.05) is 63.3 Å². The molecule has 2 N–H and O–H groups in total. The predicted molar refractivity (Wildman–Crippen MR) is 119 cm³/mol. The van der Waals surface area contributed by atoms with Crippen LogP contribution in [-0.4, -0.2) is 70.5 Å². The van der Waals surface area contributed by atoms with Gasteiger partial charge in [0.1, 0.15) is 11.5 Å². The van der Waals surface area contributed by atoms with Gasteiger partial charge in [0.2, 0.25) is 5.91 Å². The van der Waals surface area contributed by atoms with Crippen molar-refractivity contribution in [2.24, 2.45) is 11.7 Å². The molecule has 2 aliphatic heterocycles. The molecule has 2 saturated heterocycles. The van der Waals surface area contributed by atoms with E-state index >= 15 is 0 Å². The first-order valence-corrected chi connectivity index (χ1v) is 9.72. The lowest BCUT2D eigenvalue weighted by Crippen LogP contribution is -2.50. The van der Waals surface area contributed by atoms with Gasteiger partial charge in [-0.05, 0) is 25.2 Å². The highest BCUT2D eigenvalue weighted by atomic mass is 35.5. The zero-order valence-corrected chi connectivity index (χ0v) is 18.8. The van der Waals surface area contributed by atoms with Crippen LogP contribution in [0.3, 0.4) is 0 Å². The number of anilines is 1. The highest BCUT2D eigenvalue weighted by Crippen LogP contribution is 2.29. The summed E-state index contributed by atoms with van der Waals surface area (Å²) in [4.78, 5) is 17.1. The van der Waals surface area contributed by atoms with Crippen molar-refractivity contribution in [1.82, 2.24) is 4.90 Å². The zero-order valence-electron chi connectivity index (χ0n) is 17.2. The average molecular weight is 450 g/mol. The van der Waals surface area contributed by atoms with Gasteiger partial charge in [-0.15, -0.1) is 24.8 Å². The van der Waals surface area contributed by atoms with E-state index in [1.54, 1.807) is 14.2 Å². The van der Waals surface area contributed by atoms with E-state index in [1.165, 1.54) is 0 Å². The van der Waals surface area contributed by atoms with Crippen molar-refractivity contribution in [2.45, 2.75) is 25.3 Å². The van der Waals surface area contributed by atoms with Crippen LogP contribution >= 0.6 is 24.8 Å². The van der Waals surface area contributed by atoms with Crippen molar-refractivity contribution in [2.75, 3.05) is 58.5 Å². The topological polar surface area (TPSA) is 77.3 Å². The Morgan fingerprint density at radius 2 is 1.66 bits per heavy atom. The minimum Gasteiger partial charge on any atom is -0.497 e. The molecule has 1 aromatic rings. The van der Waals surface area contributed by atoms with Gasteiger partial charge in [0.15, 0.2) is 0 Å². The summed E-state index contributed by atoms with van der Waals surface area (Å²) in [5.74, 6) is 1.84. The number of hydrogen-bond acceptors (Lipinski definition) is 6. The molecular weight excluding hydrogens is 417 g/mol. The molecule has 3 rings (SSSR count). The molecule has 1 unspecified atom stereocenters. The highest BCUT2D eigenvalue weighted by Gasteiger charge is 2.30. The molecule has 0 saturated carbocycles. The molecule has 2 heterocycles. The molecule has 166 valence electrons. The minimum atomic E-state index is -0.419. The lowest BCUT2D eigenvalue weighted by atomic mass is 9.91. The molecule has 9 heteroatoms. The van der Waals surface area contributed by atoms with E-state index in [1.807, 2.05) is 23.1 Å². The van der Waals surface area contributed by atoms with Crippen LogP contribution < -0.4 is 20.1 Å². The van der Waals surface area contributed by atoms with E-state index in [4.69, 9.17) is 19.9 Å². The molecule has 2 aliphatic rings. The van der Waals surface area contributed by atoms with Crippen LogP contribution in [0.25, 0.3) is 0 Å². The molecule has 1 aromatic carbocycles. The largest absolute Gasteiger partial charge is 0.497 e. The number of halogens is 2. The Morgan fingerprint density at radius 1 is 1.03 bits per heavy atom. The molecule has 1 atom stereocenters. The van der Waals surface area contributed by atoms with E-state index in [9.17, 15) is 4.79 Å². The van der Waals surface area contributed by atoms with Crippen molar-refractivity contribution in [3.05, 3.63) is 18.2 Å². The number of amides is 1. The zero-order chi connectivity index (χ0) is 19.2. The summed E-state index contributed by atoms with van der Waals surface area (Å²) < 4.78 is 16.1. The van der Waals surface area contributed by atoms with E-state index < -0.39 is 6.04 Å². The van der Waals surface area contributed by atoms with Crippen LogP contribution in [0.4, 0.5) is 5.69 Å². The van der Waals surface area contributed by atoms with Crippen LogP contribution in [0.15, 0.2) is 18.2 Å². The number of benzene rings is 1. The second-order valence-corrected chi connectivity index (χ2v) is 7.21. The summed E-state index contributed by atoms with van der Waals surface area (Å²) in [7, 11) is 3.30. The van der Waals surface area contributed by atoms with Gasteiger partial charge in [-0.1, -0.05) is 0 Å². The second kappa shape index (κ2) is 12.3. The van der Waals surface area contributed by atoms with E-state index in [2.05, 4.69) is 4.90 Å². The normalized spacial score (nSPS) is 18.7. The number of carbonyl (C=O) groups is 1. The van der Waals surface area contributed by atoms with Gasteiger partial charge in [-0.3, -0.25) is 4.79 Å². The number of nitrogens with two attached hydrogens (primary N) is 1. The van der Waals surface area contributed by atoms with Gasteiger partial charge in [-0.2, -0.15) is 0 Å². The lowest BCUT2D eigenvalue weighted by molar-refractivity contribution is -0.134. The summed E-state index contributed by atoms with van der Waals surface area (Å²) in [6, 6.07) is 5.46. The number of rotatable bonds is 5. The van der Waals surface area contributed by atoms with Gasteiger partial charge >= 0.3 is 0 Å². The number of methoxy groups -OCH3 is 2. The van der Waals surface area contributed by atoms with E-state index in [-0.39, 0.29) is 36.6 Å². The first-order valence-electron chi connectivity index (χ1n) is 9.72. The second-order valence-electron chi connectivity index (χ2n) is 7.21. The van der Waals surface area contributed by atoms with E-state index in [0.717, 1.165) is 56.1 Å². The van der Waals surface area contributed by atoms with Crippen molar-refractivity contribution in [1.29, 1.82) is 0 Å². The molecule has 0 radical (unpaired) electrons. The maximum atomic E-state index is 12.9. The molecule has 7 nitrogen and oxygen atoms in total. The lowest BCUT2D eigenvalue weighted by Gasteiger charge is -2.31. The number of hydrogen-bond donors (Lipinski definition) is 1. The van der Waals surface area contributed by atoms with Crippen molar-refractivity contribution in [3.63, 3.8) is 0 Å². The van der Waals surface area contributed by atoms with Crippen LogP contribution in [0.2, 0.25) is 0 Å². The molecule has 29 heavy (non-hydrogen) atoms. The summed E-state index contributed by atoms with van der Waals surface area (Å²) in [5, 5.41) is 0. The molecule has 2 fully saturated rings. The van der Waals surface area contributed by atoms with Gasteiger partial charge in [0.05, 0.1) is 20.3 Å². The Hall–Kier alpha value is -1.41. The number of ether oxygens (including phenoxy) is 3. The van der Waals surface area contributed by atoms with Crippen molar-refractivity contribution in [3.8, 4) is 11.5 Å². The maximum absolute atomic E-state index is 12.9. The minimum absolute atomic E-state index is 0. The third-order valence-corrected chi connectivity index (χ3v) is 5.57. The standard InChI is InChI=1S/C20H31N3O4.2ClH/c1-25-17-12-16(13-18(14-17)26-2)22-6-3-7-23(9-8-22)20(24)19(21)15-4-10-27-11-5-15;;/h12-15,19H,3-11,21H2,1-2H3;2*1H. The Balaban J connectivity index is 0.00000210. The molecule has 0 spiro atoms. The summed E-state index contributed by atoms with van der Waals surface area (Å²) >= 11 is 0. The quantitative estimate of drug-likeness (QED) is 0.742. The Morgan fingerprint density at radius 3 is 2.24 bits per heavy atom. The first-order chi connectivity index (χ1) is 13.1.